The molecule has 0 aliphatic carbocycles. The van der Waals surface area contributed by atoms with E-state index < -0.39 is 6.10 Å². The number of aliphatic hydroxyl groups is 1. The Hall–Kier alpha value is -3.81. The molecule has 0 aliphatic rings. The lowest BCUT2D eigenvalue weighted by molar-refractivity contribution is -0.116. The van der Waals surface area contributed by atoms with Gasteiger partial charge in [0.15, 0.2) is 0 Å². The molecule has 7 nitrogen and oxygen atoms in total. The van der Waals surface area contributed by atoms with Gasteiger partial charge < -0.3 is 15.7 Å². The van der Waals surface area contributed by atoms with Crippen LogP contribution in [0.15, 0.2) is 90.0 Å². The quantitative estimate of drug-likeness (QED) is 0.329. The molecule has 0 spiro atoms. The molecule has 7 heteroatoms. The topological polar surface area (TPSA) is 96.2 Å². The molecule has 0 aliphatic heterocycles. The molecule has 0 saturated carbocycles. The molecule has 3 N–H and O–H groups in total. The second-order valence-corrected chi connectivity index (χ2v) is 8.51. The predicted molar refractivity (Wildman–Crippen MR) is 138 cm³/mol. The summed E-state index contributed by atoms with van der Waals surface area (Å²) >= 11 is 0. The first-order valence-electron chi connectivity index (χ1n) is 11.8. The van der Waals surface area contributed by atoms with Gasteiger partial charge in [0.25, 0.3) is 5.56 Å². The van der Waals surface area contributed by atoms with Crippen LogP contribution in [0.4, 0.5) is 5.69 Å². The summed E-state index contributed by atoms with van der Waals surface area (Å²) < 4.78 is 1.31. The van der Waals surface area contributed by atoms with Gasteiger partial charge in [0, 0.05) is 11.7 Å². The molecule has 35 heavy (non-hydrogen) atoms. The highest BCUT2D eigenvalue weighted by Gasteiger charge is 2.18. The number of rotatable bonds is 10. The first-order valence-corrected chi connectivity index (χ1v) is 11.8. The van der Waals surface area contributed by atoms with Crippen molar-refractivity contribution >= 4 is 22.5 Å². The summed E-state index contributed by atoms with van der Waals surface area (Å²) in [7, 11) is 0. The Morgan fingerprint density at radius 2 is 1.71 bits per heavy atom. The van der Waals surface area contributed by atoms with E-state index in [1.165, 1.54) is 10.9 Å². The Balaban J connectivity index is 1.28. The van der Waals surface area contributed by atoms with Crippen molar-refractivity contribution in [3.63, 3.8) is 0 Å². The number of hydrogen-bond donors (Lipinski definition) is 3. The molecular weight excluding hydrogens is 440 g/mol. The minimum absolute atomic E-state index is 0.0241. The van der Waals surface area contributed by atoms with Crippen LogP contribution in [0.3, 0.4) is 0 Å². The maximum Gasteiger partial charge on any atom is 0.261 e. The maximum atomic E-state index is 12.6. The number of nitrogens with one attached hydrogen (secondary N) is 2. The first kappa shape index (κ1) is 24.3. The van der Waals surface area contributed by atoms with Crippen LogP contribution in [0, 0.1) is 0 Å². The third-order valence-corrected chi connectivity index (χ3v) is 6.07. The fourth-order valence-corrected chi connectivity index (χ4v) is 4.09. The van der Waals surface area contributed by atoms with Crippen LogP contribution in [0.25, 0.3) is 10.9 Å². The zero-order valence-electron chi connectivity index (χ0n) is 19.7. The highest BCUT2D eigenvalue weighted by Crippen LogP contribution is 2.18. The van der Waals surface area contributed by atoms with E-state index >= 15 is 0 Å². The summed E-state index contributed by atoms with van der Waals surface area (Å²) in [6, 6.07) is 24.4. The van der Waals surface area contributed by atoms with E-state index in [1.807, 2.05) is 60.7 Å². The Morgan fingerprint density at radius 3 is 2.46 bits per heavy atom. The minimum Gasteiger partial charge on any atom is -0.387 e. The average Bonchev–Trinajstić information content (AvgIpc) is 2.89. The summed E-state index contributed by atoms with van der Waals surface area (Å²) in [5.74, 6) is -0.292. The van der Waals surface area contributed by atoms with Crippen molar-refractivity contribution in [3.05, 3.63) is 107 Å². The van der Waals surface area contributed by atoms with Gasteiger partial charge in [-0.2, -0.15) is 0 Å². The van der Waals surface area contributed by atoms with Crippen molar-refractivity contribution in [1.29, 1.82) is 0 Å². The Bertz CT molecular complexity index is 1320. The van der Waals surface area contributed by atoms with Crippen LogP contribution in [0.2, 0.25) is 0 Å². The van der Waals surface area contributed by atoms with Gasteiger partial charge in [-0.3, -0.25) is 14.2 Å². The highest BCUT2D eigenvalue weighted by molar-refractivity contribution is 5.90. The molecular formula is C28H30N4O3. The molecule has 0 bridgehead atoms. The molecule has 1 amide bonds. The van der Waals surface area contributed by atoms with E-state index in [9.17, 15) is 14.7 Å². The molecule has 2 atom stereocenters. The van der Waals surface area contributed by atoms with Crippen molar-refractivity contribution in [2.24, 2.45) is 0 Å². The Morgan fingerprint density at radius 1 is 1.00 bits per heavy atom. The first-order chi connectivity index (χ1) is 17.0. The number of benzene rings is 3. The van der Waals surface area contributed by atoms with E-state index in [1.54, 1.807) is 18.2 Å². The van der Waals surface area contributed by atoms with Crippen LogP contribution in [-0.2, 0) is 17.8 Å². The van der Waals surface area contributed by atoms with Crippen LogP contribution in [0.5, 0.6) is 0 Å². The van der Waals surface area contributed by atoms with Gasteiger partial charge in [0.2, 0.25) is 5.91 Å². The van der Waals surface area contributed by atoms with E-state index in [2.05, 4.69) is 22.5 Å². The van der Waals surface area contributed by atoms with Crippen LogP contribution < -0.4 is 16.2 Å². The number of nitrogens with zero attached hydrogens (tertiary/aromatic N) is 2. The molecule has 0 saturated heterocycles. The zero-order chi connectivity index (χ0) is 24.6. The van der Waals surface area contributed by atoms with Gasteiger partial charge in [-0.05, 0) is 54.8 Å². The Kier molecular flexibility index (Phi) is 8.03. The minimum atomic E-state index is -0.552. The molecule has 4 rings (SSSR count). The number of amides is 1. The molecule has 4 aromatic rings. The van der Waals surface area contributed by atoms with Crippen molar-refractivity contribution in [2.75, 3.05) is 11.9 Å². The third kappa shape index (κ3) is 6.20. The lowest BCUT2D eigenvalue weighted by Gasteiger charge is -2.23. The molecule has 0 unspecified atom stereocenters. The number of hydrogen-bond acceptors (Lipinski definition) is 5. The number of fused-ring (bicyclic) bond motifs is 1. The van der Waals surface area contributed by atoms with Crippen molar-refractivity contribution in [1.82, 2.24) is 14.9 Å². The molecule has 3 aromatic carbocycles. The summed E-state index contributed by atoms with van der Waals surface area (Å²) in [5, 5.41) is 17.4. The maximum absolute atomic E-state index is 12.6. The predicted octanol–water partition coefficient (Wildman–Crippen LogP) is 3.68. The number of anilines is 1. The second kappa shape index (κ2) is 11.6. The van der Waals surface area contributed by atoms with E-state index in [-0.39, 0.29) is 24.1 Å². The average molecular weight is 471 g/mol. The van der Waals surface area contributed by atoms with Gasteiger partial charge in [-0.1, -0.05) is 61.5 Å². The van der Waals surface area contributed by atoms with Gasteiger partial charge in [-0.25, -0.2) is 4.98 Å². The molecule has 0 radical (unpaired) electrons. The van der Waals surface area contributed by atoms with E-state index in [0.717, 1.165) is 30.5 Å². The summed E-state index contributed by atoms with van der Waals surface area (Å²) in [5.41, 5.74) is 3.07. The number of carbonyl (C=O) groups is 1. The molecule has 1 aromatic heterocycles. The number of aliphatic hydroxyl groups excluding tert-OH is 1. The van der Waals surface area contributed by atoms with Crippen molar-refractivity contribution in [3.8, 4) is 0 Å². The van der Waals surface area contributed by atoms with Gasteiger partial charge in [-0.15, -0.1) is 0 Å². The fourth-order valence-electron chi connectivity index (χ4n) is 4.09. The van der Waals surface area contributed by atoms with Gasteiger partial charge in [0.1, 0.15) is 6.54 Å². The monoisotopic (exact) mass is 470 g/mol. The lowest BCUT2D eigenvalue weighted by atomic mass is 10.00. The highest BCUT2D eigenvalue weighted by atomic mass is 16.3. The fraction of sp³-hybridized carbons (Fsp3) is 0.250. The second-order valence-electron chi connectivity index (χ2n) is 8.51. The number of carbonyl (C=O) groups excluding carboxylic acids is 1. The van der Waals surface area contributed by atoms with Crippen LogP contribution in [0.1, 0.15) is 30.6 Å². The smallest absolute Gasteiger partial charge is 0.261 e. The summed E-state index contributed by atoms with van der Waals surface area (Å²) in [6.07, 6.45) is 2.46. The summed E-state index contributed by atoms with van der Waals surface area (Å²) in [4.78, 5) is 29.3. The normalized spacial score (nSPS) is 12.9. The van der Waals surface area contributed by atoms with Gasteiger partial charge in [0.05, 0.1) is 23.3 Å². The zero-order valence-corrected chi connectivity index (χ0v) is 19.7. The standard InChI is InChI=1S/C28H30N4O3/c1-2-24(27(34)21-8-4-3-5-9-21)29-17-16-20-12-14-22(15-13-20)31-26(33)18-32-19-30-25-11-7-6-10-23(25)28(32)35/h3-15,19,24,27,29,34H,2,16-18H2,1H3,(H,31,33)/t24-,27-/m1/s1. The number of para-hydroxylation sites is 1. The van der Waals surface area contributed by atoms with Crippen molar-refractivity contribution in [2.45, 2.75) is 38.5 Å². The van der Waals surface area contributed by atoms with Gasteiger partial charge >= 0.3 is 0 Å². The van der Waals surface area contributed by atoms with E-state index in [0.29, 0.717) is 16.6 Å². The van der Waals surface area contributed by atoms with Crippen LogP contribution in [-0.4, -0.2) is 33.2 Å². The van der Waals surface area contributed by atoms with Crippen molar-refractivity contribution < 1.29 is 9.90 Å². The lowest BCUT2D eigenvalue weighted by Crippen LogP contribution is -2.35. The Labute approximate surface area is 204 Å². The van der Waals surface area contributed by atoms with E-state index in [4.69, 9.17) is 0 Å². The largest absolute Gasteiger partial charge is 0.387 e. The van der Waals surface area contributed by atoms with Crippen LogP contribution >= 0.6 is 0 Å². The molecule has 0 fully saturated rings. The molecule has 1 heterocycles. The SMILES string of the molecule is CC[C@@H](NCCc1ccc(NC(=O)Cn2cnc3ccccc3c2=O)cc1)[C@H](O)c1ccccc1. The third-order valence-electron chi connectivity index (χ3n) is 6.07. The summed E-state index contributed by atoms with van der Waals surface area (Å²) in [6.45, 7) is 2.68. The molecule has 180 valence electrons. The number of aromatic nitrogens is 2.